The summed E-state index contributed by atoms with van der Waals surface area (Å²) in [7, 11) is -2.38. The summed E-state index contributed by atoms with van der Waals surface area (Å²) in [5.41, 5.74) is 0.617. The average molecular weight is 354 g/mol. The van der Waals surface area contributed by atoms with Gasteiger partial charge in [0.1, 0.15) is 0 Å². The SMILES string of the molecule is CCOC(=O)c1cccc(S(=O)(=O)N(C)c2cccc(Cl)c2)c1. The third-order valence-corrected chi connectivity index (χ3v) is 5.19. The molecule has 0 saturated heterocycles. The highest BCUT2D eigenvalue weighted by molar-refractivity contribution is 7.92. The molecule has 0 radical (unpaired) electrons. The predicted molar refractivity (Wildman–Crippen MR) is 89.4 cm³/mol. The Kier molecular flexibility index (Phi) is 5.28. The molecular formula is C16H16ClNO4S. The lowest BCUT2D eigenvalue weighted by Crippen LogP contribution is -2.26. The molecule has 0 bridgehead atoms. The summed E-state index contributed by atoms with van der Waals surface area (Å²) in [6.45, 7) is 1.91. The second-order valence-electron chi connectivity index (χ2n) is 4.70. The maximum absolute atomic E-state index is 12.7. The molecule has 0 aliphatic heterocycles. The van der Waals surface area contributed by atoms with Gasteiger partial charge in [0, 0.05) is 12.1 Å². The molecule has 0 fully saturated rings. The van der Waals surface area contributed by atoms with Gasteiger partial charge < -0.3 is 4.74 Å². The number of esters is 1. The molecule has 0 N–H and O–H groups in total. The number of nitrogens with zero attached hydrogens (tertiary/aromatic N) is 1. The van der Waals surface area contributed by atoms with E-state index in [-0.39, 0.29) is 17.1 Å². The van der Waals surface area contributed by atoms with Gasteiger partial charge in [0.2, 0.25) is 0 Å². The molecule has 0 atom stereocenters. The standard InChI is InChI=1S/C16H16ClNO4S/c1-3-22-16(19)12-6-4-9-15(10-12)23(20,21)18(2)14-8-5-7-13(17)11-14/h4-11H,3H2,1-2H3. The first kappa shape index (κ1) is 17.3. The minimum atomic E-state index is -3.81. The summed E-state index contributed by atoms with van der Waals surface area (Å²) in [4.78, 5) is 11.8. The monoisotopic (exact) mass is 353 g/mol. The van der Waals surface area contributed by atoms with Gasteiger partial charge in [-0.2, -0.15) is 0 Å². The van der Waals surface area contributed by atoms with Crippen LogP contribution in [0.5, 0.6) is 0 Å². The Morgan fingerprint density at radius 3 is 2.52 bits per heavy atom. The van der Waals surface area contributed by atoms with E-state index in [0.29, 0.717) is 10.7 Å². The molecule has 0 aromatic heterocycles. The van der Waals surface area contributed by atoms with Crippen molar-refractivity contribution >= 4 is 33.3 Å². The van der Waals surface area contributed by atoms with E-state index in [0.717, 1.165) is 4.31 Å². The number of sulfonamides is 1. The van der Waals surface area contributed by atoms with Gasteiger partial charge in [-0.05, 0) is 43.3 Å². The number of anilines is 1. The van der Waals surface area contributed by atoms with Crippen molar-refractivity contribution in [2.75, 3.05) is 18.0 Å². The first-order valence-corrected chi connectivity index (χ1v) is 8.69. The van der Waals surface area contributed by atoms with Crippen molar-refractivity contribution in [2.24, 2.45) is 0 Å². The summed E-state index contributed by atoms with van der Waals surface area (Å²) < 4.78 is 31.4. The molecule has 0 amide bonds. The normalized spacial score (nSPS) is 11.1. The maximum atomic E-state index is 12.7. The van der Waals surface area contributed by atoms with Gasteiger partial charge in [-0.1, -0.05) is 23.7 Å². The van der Waals surface area contributed by atoms with Crippen LogP contribution in [-0.4, -0.2) is 28.0 Å². The largest absolute Gasteiger partial charge is 0.462 e. The van der Waals surface area contributed by atoms with E-state index in [4.69, 9.17) is 16.3 Å². The van der Waals surface area contributed by atoms with Crippen molar-refractivity contribution in [3.8, 4) is 0 Å². The van der Waals surface area contributed by atoms with Gasteiger partial charge in [0.05, 0.1) is 22.8 Å². The Bertz CT molecular complexity index is 820. The first-order valence-electron chi connectivity index (χ1n) is 6.88. The van der Waals surface area contributed by atoms with E-state index in [1.807, 2.05) is 0 Å². The Hall–Kier alpha value is -2.05. The number of carbonyl (C=O) groups excluding carboxylic acids is 1. The number of halogens is 1. The molecule has 0 aliphatic carbocycles. The topological polar surface area (TPSA) is 63.7 Å². The van der Waals surface area contributed by atoms with Crippen molar-refractivity contribution in [1.29, 1.82) is 0 Å². The lowest BCUT2D eigenvalue weighted by atomic mass is 10.2. The second kappa shape index (κ2) is 7.02. The van der Waals surface area contributed by atoms with Crippen molar-refractivity contribution in [3.05, 3.63) is 59.1 Å². The highest BCUT2D eigenvalue weighted by atomic mass is 35.5. The minimum absolute atomic E-state index is 0.00512. The predicted octanol–water partition coefficient (Wildman–Crippen LogP) is 3.34. The molecule has 0 unspecified atom stereocenters. The molecule has 7 heteroatoms. The summed E-state index contributed by atoms with van der Waals surface area (Å²) in [6, 6.07) is 12.3. The molecule has 0 heterocycles. The summed E-state index contributed by atoms with van der Waals surface area (Å²) in [6.07, 6.45) is 0. The van der Waals surface area contributed by atoms with E-state index in [1.165, 1.54) is 31.3 Å². The molecule has 122 valence electrons. The zero-order valence-corrected chi connectivity index (χ0v) is 14.3. The fraction of sp³-hybridized carbons (Fsp3) is 0.188. The molecule has 0 saturated carbocycles. The Morgan fingerprint density at radius 1 is 1.17 bits per heavy atom. The molecule has 0 spiro atoms. The van der Waals surface area contributed by atoms with Crippen LogP contribution in [0.2, 0.25) is 5.02 Å². The molecule has 2 rings (SSSR count). The molecule has 0 aliphatic rings. The average Bonchev–Trinajstić information content (AvgIpc) is 2.54. The van der Waals surface area contributed by atoms with Gasteiger partial charge in [0.25, 0.3) is 10.0 Å². The van der Waals surface area contributed by atoms with Crippen molar-refractivity contribution < 1.29 is 17.9 Å². The highest BCUT2D eigenvalue weighted by Crippen LogP contribution is 2.25. The number of benzene rings is 2. The molecular weight excluding hydrogens is 338 g/mol. The van der Waals surface area contributed by atoms with E-state index >= 15 is 0 Å². The van der Waals surface area contributed by atoms with Gasteiger partial charge in [0.15, 0.2) is 0 Å². The summed E-state index contributed by atoms with van der Waals surface area (Å²) >= 11 is 5.90. The zero-order valence-electron chi connectivity index (χ0n) is 12.7. The summed E-state index contributed by atoms with van der Waals surface area (Å²) in [5, 5.41) is 0.435. The van der Waals surface area contributed by atoms with E-state index < -0.39 is 16.0 Å². The van der Waals surface area contributed by atoms with Crippen molar-refractivity contribution in [2.45, 2.75) is 11.8 Å². The zero-order chi connectivity index (χ0) is 17.0. The van der Waals surface area contributed by atoms with Crippen LogP contribution in [-0.2, 0) is 14.8 Å². The molecule has 2 aromatic carbocycles. The molecule has 5 nitrogen and oxygen atoms in total. The van der Waals surface area contributed by atoms with Crippen LogP contribution in [0.25, 0.3) is 0 Å². The third kappa shape index (κ3) is 3.83. The lowest BCUT2D eigenvalue weighted by molar-refractivity contribution is 0.0526. The van der Waals surface area contributed by atoms with Gasteiger partial charge in [-0.3, -0.25) is 4.31 Å². The molecule has 23 heavy (non-hydrogen) atoms. The number of carbonyl (C=O) groups is 1. The number of rotatable bonds is 5. The van der Waals surface area contributed by atoms with Gasteiger partial charge in [-0.15, -0.1) is 0 Å². The number of hydrogen-bond acceptors (Lipinski definition) is 4. The second-order valence-corrected chi connectivity index (χ2v) is 7.11. The smallest absolute Gasteiger partial charge is 0.338 e. The van der Waals surface area contributed by atoms with E-state index in [2.05, 4.69) is 0 Å². The third-order valence-electron chi connectivity index (χ3n) is 3.18. The van der Waals surface area contributed by atoms with Crippen LogP contribution in [0.1, 0.15) is 17.3 Å². The van der Waals surface area contributed by atoms with Crippen molar-refractivity contribution in [1.82, 2.24) is 0 Å². The Balaban J connectivity index is 2.39. The van der Waals surface area contributed by atoms with Crippen LogP contribution in [0.3, 0.4) is 0 Å². The summed E-state index contributed by atoms with van der Waals surface area (Å²) in [5.74, 6) is -0.560. The van der Waals surface area contributed by atoms with Crippen LogP contribution in [0.15, 0.2) is 53.4 Å². The van der Waals surface area contributed by atoms with Gasteiger partial charge in [-0.25, -0.2) is 13.2 Å². The lowest BCUT2D eigenvalue weighted by Gasteiger charge is -2.20. The fourth-order valence-electron chi connectivity index (χ4n) is 1.97. The van der Waals surface area contributed by atoms with Crippen LogP contribution in [0.4, 0.5) is 5.69 Å². The van der Waals surface area contributed by atoms with E-state index in [1.54, 1.807) is 31.2 Å². The van der Waals surface area contributed by atoms with Gasteiger partial charge >= 0.3 is 5.97 Å². The first-order chi connectivity index (χ1) is 10.9. The van der Waals surface area contributed by atoms with Crippen molar-refractivity contribution in [3.63, 3.8) is 0 Å². The van der Waals surface area contributed by atoms with Crippen LogP contribution in [0, 0.1) is 0 Å². The number of ether oxygens (including phenoxy) is 1. The highest BCUT2D eigenvalue weighted by Gasteiger charge is 2.22. The fourth-order valence-corrected chi connectivity index (χ4v) is 3.39. The number of hydrogen-bond donors (Lipinski definition) is 0. The van der Waals surface area contributed by atoms with E-state index in [9.17, 15) is 13.2 Å². The Labute approximate surface area is 140 Å². The Morgan fingerprint density at radius 2 is 1.87 bits per heavy atom. The quantitative estimate of drug-likeness (QED) is 0.773. The minimum Gasteiger partial charge on any atom is -0.462 e. The van der Waals surface area contributed by atoms with Crippen LogP contribution >= 0.6 is 11.6 Å². The molecule has 2 aromatic rings. The van der Waals surface area contributed by atoms with Crippen LogP contribution < -0.4 is 4.31 Å². The maximum Gasteiger partial charge on any atom is 0.338 e.